The molecule has 2 aliphatic heterocycles. The molecule has 0 saturated carbocycles. The SMILES string of the molecule is Nc1nc(N2CCCC3C(=O)NCC32)c2ccccc2n1. The number of aromatic nitrogens is 2. The van der Waals surface area contributed by atoms with E-state index in [9.17, 15) is 4.79 Å². The Bertz CT molecular complexity index is 716. The zero-order valence-corrected chi connectivity index (χ0v) is 11.6. The van der Waals surface area contributed by atoms with Gasteiger partial charge in [-0.3, -0.25) is 4.79 Å². The van der Waals surface area contributed by atoms with E-state index in [1.165, 1.54) is 0 Å². The van der Waals surface area contributed by atoms with Gasteiger partial charge in [-0.15, -0.1) is 0 Å². The van der Waals surface area contributed by atoms with Crippen LogP contribution in [0.15, 0.2) is 24.3 Å². The number of nitrogens with two attached hydrogens (primary N) is 1. The van der Waals surface area contributed by atoms with Gasteiger partial charge in [0.25, 0.3) is 0 Å². The molecule has 0 spiro atoms. The maximum Gasteiger partial charge on any atom is 0.225 e. The predicted octanol–water partition coefficient (Wildman–Crippen LogP) is 0.927. The molecule has 108 valence electrons. The highest BCUT2D eigenvalue weighted by Crippen LogP contribution is 2.34. The molecule has 6 heteroatoms. The number of hydrogen-bond donors (Lipinski definition) is 2. The van der Waals surface area contributed by atoms with E-state index in [2.05, 4.69) is 20.2 Å². The van der Waals surface area contributed by atoms with Crippen LogP contribution in [0.2, 0.25) is 0 Å². The molecule has 2 aliphatic rings. The third-order valence-corrected chi connectivity index (χ3v) is 4.47. The van der Waals surface area contributed by atoms with E-state index in [4.69, 9.17) is 5.73 Å². The molecule has 2 aromatic rings. The lowest BCUT2D eigenvalue weighted by molar-refractivity contribution is -0.122. The van der Waals surface area contributed by atoms with Crippen LogP contribution >= 0.6 is 0 Å². The van der Waals surface area contributed by atoms with E-state index in [1.807, 2.05) is 24.3 Å². The van der Waals surface area contributed by atoms with Crippen LogP contribution in [-0.2, 0) is 4.79 Å². The summed E-state index contributed by atoms with van der Waals surface area (Å²) in [4.78, 5) is 22.9. The van der Waals surface area contributed by atoms with Gasteiger partial charge in [-0.25, -0.2) is 4.98 Å². The Kier molecular flexibility index (Phi) is 2.70. The first kappa shape index (κ1) is 12.4. The van der Waals surface area contributed by atoms with E-state index in [0.717, 1.165) is 36.1 Å². The van der Waals surface area contributed by atoms with Crippen LogP contribution in [0.25, 0.3) is 10.9 Å². The van der Waals surface area contributed by atoms with Gasteiger partial charge in [-0.2, -0.15) is 4.98 Å². The number of amides is 1. The second-order valence-corrected chi connectivity index (χ2v) is 5.68. The molecule has 2 saturated heterocycles. The second-order valence-electron chi connectivity index (χ2n) is 5.68. The second kappa shape index (κ2) is 4.58. The molecule has 1 amide bonds. The molecule has 2 unspecified atom stereocenters. The molecule has 1 aromatic carbocycles. The lowest BCUT2D eigenvalue weighted by Crippen LogP contribution is -2.46. The third-order valence-electron chi connectivity index (χ3n) is 4.47. The summed E-state index contributed by atoms with van der Waals surface area (Å²) < 4.78 is 0. The summed E-state index contributed by atoms with van der Waals surface area (Å²) in [5.74, 6) is 1.36. The summed E-state index contributed by atoms with van der Waals surface area (Å²) in [6.07, 6.45) is 1.94. The average molecular weight is 283 g/mol. The molecule has 0 aliphatic carbocycles. The molecular weight excluding hydrogens is 266 g/mol. The fourth-order valence-corrected chi connectivity index (χ4v) is 3.51. The summed E-state index contributed by atoms with van der Waals surface area (Å²) in [5, 5.41) is 3.96. The van der Waals surface area contributed by atoms with Crippen molar-refractivity contribution < 1.29 is 4.79 Å². The Labute approximate surface area is 122 Å². The van der Waals surface area contributed by atoms with Crippen molar-refractivity contribution in [1.29, 1.82) is 0 Å². The Morgan fingerprint density at radius 3 is 3.05 bits per heavy atom. The Morgan fingerprint density at radius 2 is 2.14 bits per heavy atom. The first-order valence-corrected chi connectivity index (χ1v) is 7.30. The molecule has 1 aromatic heterocycles. The predicted molar refractivity (Wildman–Crippen MR) is 80.8 cm³/mol. The van der Waals surface area contributed by atoms with Crippen molar-refractivity contribution in [2.24, 2.45) is 5.92 Å². The van der Waals surface area contributed by atoms with Gasteiger partial charge >= 0.3 is 0 Å². The zero-order chi connectivity index (χ0) is 14.4. The lowest BCUT2D eigenvalue weighted by Gasteiger charge is -2.37. The third kappa shape index (κ3) is 1.90. The average Bonchev–Trinajstić information content (AvgIpc) is 2.88. The number of carbonyl (C=O) groups is 1. The van der Waals surface area contributed by atoms with Gasteiger partial charge in [0.1, 0.15) is 5.82 Å². The van der Waals surface area contributed by atoms with Crippen molar-refractivity contribution in [2.45, 2.75) is 18.9 Å². The molecular formula is C15H17N5O. The Hall–Kier alpha value is -2.37. The van der Waals surface area contributed by atoms with Crippen molar-refractivity contribution in [2.75, 3.05) is 23.7 Å². The summed E-state index contributed by atoms with van der Waals surface area (Å²) in [6, 6.07) is 8.04. The number of nitrogens with zero attached hydrogens (tertiary/aromatic N) is 3. The van der Waals surface area contributed by atoms with Crippen molar-refractivity contribution in [3.63, 3.8) is 0 Å². The van der Waals surface area contributed by atoms with Gasteiger partial charge in [0.05, 0.1) is 17.5 Å². The minimum Gasteiger partial charge on any atom is -0.368 e. The van der Waals surface area contributed by atoms with Crippen LogP contribution in [0.4, 0.5) is 11.8 Å². The van der Waals surface area contributed by atoms with Gasteiger partial charge in [0.2, 0.25) is 11.9 Å². The Balaban J connectivity index is 1.84. The largest absolute Gasteiger partial charge is 0.368 e. The van der Waals surface area contributed by atoms with Gasteiger partial charge in [-0.1, -0.05) is 12.1 Å². The monoisotopic (exact) mass is 283 g/mol. The molecule has 2 fully saturated rings. The smallest absolute Gasteiger partial charge is 0.225 e. The summed E-state index contributed by atoms with van der Waals surface area (Å²) in [7, 11) is 0. The molecule has 4 rings (SSSR count). The molecule has 6 nitrogen and oxygen atoms in total. The van der Waals surface area contributed by atoms with Crippen LogP contribution < -0.4 is 16.0 Å². The van der Waals surface area contributed by atoms with E-state index in [0.29, 0.717) is 6.54 Å². The number of nitrogens with one attached hydrogen (secondary N) is 1. The summed E-state index contributed by atoms with van der Waals surface area (Å²) in [5.41, 5.74) is 6.71. The normalized spacial score (nSPS) is 25.0. The van der Waals surface area contributed by atoms with Crippen LogP contribution in [0.3, 0.4) is 0 Å². The van der Waals surface area contributed by atoms with Gasteiger partial charge < -0.3 is 16.0 Å². The molecule has 0 radical (unpaired) electrons. The van der Waals surface area contributed by atoms with Crippen molar-refractivity contribution >= 4 is 28.6 Å². The standard InChI is InChI=1S/C15H17N5O/c16-15-18-11-6-2-1-4-9(11)13(19-15)20-7-3-5-10-12(20)8-17-14(10)21/h1-2,4,6,10,12H,3,5,7-8H2,(H,17,21)(H2,16,18,19). The summed E-state index contributed by atoms with van der Waals surface area (Å²) >= 11 is 0. The van der Waals surface area contributed by atoms with E-state index < -0.39 is 0 Å². The van der Waals surface area contributed by atoms with Crippen molar-refractivity contribution in [3.05, 3.63) is 24.3 Å². The maximum absolute atomic E-state index is 11.9. The number of benzene rings is 1. The molecule has 3 N–H and O–H groups in total. The van der Waals surface area contributed by atoms with Gasteiger partial charge in [-0.05, 0) is 25.0 Å². The number of rotatable bonds is 1. The van der Waals surface area contributed by atoms with Crippen LogP contribution in [-0.4, -0.2) is 35.0 Å². The molecule has 3 heterocycles. The Morgan fingerprint density at radius 1 is 1.29 bits per heavy atom. The molecule has 2 atom stereocenters. The minimum atomic E-state index is 0.0636. The quantitative estimate of drug-likeness (QED) is 0.813. The van der Waals surface area contributed by atoms with Crippen LogP contribution in [0.5, 0.6) is 0 Å². The zero-order valence-electron chi connectivity index (χ0n) is 11.6. The number of anilines is 2. The van der Waals surface area contributed by atoms with Crippen LogP contribution in [0, 0.1) is 5.92 Å². The number of piperidine rings is 1. The van der Waals surface area contributed by atoms with E-state index >= 15 is 0 Å². The number of nitrogen functional groups attached to an aromatic ring is 1. The van der Waals surface area contributed by atoms with Crippen molar-refractivity contribution in [1.82, 2.24) is 15.3 Å². The first-order chi connectivity index (χ1) is 10.2. The van der Waals surface area contributed by atoms with Crippen LogP contribution in [0.1, 0.15) is 12.8 Å². The topological polar surface area (TPSA) is 84.1 Å². The molecule has 0 bridgehead atoms. The maximum atomic E-state index is 11.9. The highest BCUT2D eigenvalue weighted by Gasteiger charge is 2.41. The van der Waals surface area contributed by atoms with E-state index in [1.54, 1.807) is 0 Å². The lowest BCUT2D eigenvalue weighted by atomic mass is 9.91. The fraction of sp³-hybridized carbons (Fsp3) is 0.400. The number of fused-ring (bicyclic) bond motifs is 2. The highest BCUT2D eigenvalue weighted by atomic mass is 16.2. The fourth-order valence-electron chi connectivity index (χ4n) is 3.51. The highest BCUT2D eigenvalue weighted by molar-refractivity contribution is 5.91. The first-order valence-electron chi connectivity index (χ1n) is 7.30. The minimum absolute atomic E-state index is 0.0636. The number of hydrogen-bond acceptors (Lipinski definition) is 5. The number of para-hydroxylation sites is 1. The van der Waals surface area contributed by atoms with Crippen molar-refractivity contribution in [3.8, 4) is 0 Å². The molecule has 21 heavy (non-hydrogen) atoms. The van der Waals surface area contributed by atoms with Gasteiger partial charge in [0, 0.05) is 18.5 Å². The summed E-state index contributed by atoms with van der Waals surface area (Å²) in [6.45, 7) is 1.58. The van der Waals surface area contributed by atoms with Gasteiger partial charge in [0.15, 0.2) is 0 Å². The number of carbonyl (C=O) groups excluding carboxylic acids is 1. The van der Waals surface area contributed by atoms with E-state index in [-0.39, 0.29) is 23.8 Å².